The number of aliphatic carboxylic acids is 1. The molecule has 6 N–H and O–H groups in total. The summed E-state index contributed by atoms with van der Waals surface area (Å²) in [7, 11) is -4.39. The van der Waals surface area contributed by atoms with Crippen LogP contribution in [0.4, 0.5) is 5.82 Å². The highest BCUT2D eigenvalue weighted by atomic mass is 31.2. The van der Waals surface area contributed by atoms with E-state index in [1.807, 2.05) is 26.8 Å². The number of carbonyl (C=O) groups is 1. The molecule has 0 amide bonds. The summed E-state index contributed by atoms with van der Waals surface area (Å²) in [4.78, 5) is 15.4. The number of hydrogen-bond donors (Lipinski definition) is 5. The zero-order chi connectivity index (χ0) is 29.5. The summed E-state index contributed by atoms with van der Waals surface area (Å²) < 4.78 is 31.9. The van der Waals surface area contributed by atoms with Crippen LogP contribution in [0.25, 0.3) is 5.52 Å². The van der Waals surface area contributed by atoms with Crippen molar-refractivity contribution >= 4 is 25.1 Å². The van der Waals surface area contributed by atoms with Gasteiger partial charge in [-0.25, -0.2) is 14.1 Å². The maximum atomic E-state index is 13.7. The molecule has 6 atom stereocenters. The number of nitriles is 1. The van der Waals surface area contributed by atoms with Gasteiger partial charge in [-0.05, 0) is 42.2 Å². The molecular formula is C25H31N6O8P. The number of aliphatic hydroxyl groups is 2. The Hall–Kier alpha value is -3.57. The fourth-order valence-corrected chi connectivity index (χ4v) is 5.77. The number of nitrogen functional groups attached to an aromatic ring is 1. The molecule has 1 aliphatic rings. The first-order valence-corrected chi connectivity index (χ1v) is 13.8. The third-order valence-electron chi connectivity index (χ3n) is 6.56. The predicted molar refractivity (Wildman–Crippen MR) is 141 cm³/mol. The summed E-state index contributed by atoms with van der Waals surface area (Å²) >= 11 is 0. The number of carboxylic acids is 1. The zero-order valence-electron chi connectivity index (χ0n) is 22.3. The van der Waals surface area contributed by atoms with E-state index in [2.05, 4.69) is 15.2 Å². The van der Waals surface area contributed by atoms with Crippen LogP contribution in [-0.4, -0.2) is 66.8 Å². The van der Waals surface area contributed by atoms with Gasteiger partial charge in [0.25, 0.3) is 0 Å². The van der Waals surface area contributed by atoms with Gasteiger partial charge in [0.2, 0.25) is 5.60 Å². The second kappa shape index (κ2) is 10.8. The van der Waals surface area contributed by atoms with Crippen molar-refractivity contribution in [2.24, 2.45) is 0 Å². The Morgan fingerprint density at radius 1 is 1.30 bits per heavy atom. The Morgan fingerprint density at radius 3 is 2.58 bits per heavy atom. The normalized spacial score (nSPS) is 25.3. The van der Waals surface area contributed by atoms with E-state index in [-0.39, 0.29) is 22.7 Å². The predicted octanol–water partition coefficient (Wildman–Crippen LogP) is 1.71. The van der Waals surface area contributed by atoms with Crippen molar-refractivity contribution in [3.05, 3.63) is 54.0 Å². The molecule has 3 aromatic rings. The molecule has 1 fully saturated rings. The summed E-state index contributed by atoms with van der Waals surface area (Å²) in [6.07, 6.45) is -3.65. The Labute approximate surface area is 229 Å². The molecule has 0 aliphatic carbocycles. The number of aromatic nitrogens is 3. The lowest BCUT2D eigenvalue weighted by Gasteiger charge is -2.25. The summed E-state index contributed by atoms with van der Waals surface area (Å²) in [6, 6.07) is 10.2. The van der Waals surface area contributed by atoms with Crippen molar-refractivity contribution in [3.8, 4) is 11.8 Å². The van der Waals surface area contributed by atoms with E-state index in [0.29, 0.717) is 5.52 Å². The minimum atomic E-state index is -4.39. The third-order valence-corrected chi connectivity index (χ3v) is 8.21. The van der Waals surface area contributed by atoms with E-state index < -0.39 is 50.3 Å². The molecule has 3 heterocycles. The van der Waals surface area contributed by atoms with E-state index in [1.165, 1.54) is 23.6 Å². The highest BCUT2D eigenvalue weighted by Crippen LogP contribution is 2.47. The molecule has 2 aromatic heterocycles. The number of hydrogen-bond acceptors (Lipinski definition) is 11. The fraction of sp³-hybridized carbons (Fsp3) is 0.440. The first kappa shape index (κ1) is 29.4. The summed E-state index contributed by atoms with van der Waals surface area (Å²) in [5.74, 6) is -1.06. The molecule has 0 saturated carbocycles. The van der Waals surface area contributed by atoms with Gasteiger partial charge in [-0.15, -0.1) is 0 Å². The van der Waals surface area contributed by atoms with Crippen molar-refractivity contribution in [2.75, 3.05) is 12.3 Å². The molecule has 1 aromatic carbocycles. The molecule has 0 bridgehead atoms. The maximum absolute atomic E-state index is 13.7. The average molecular weight is 575 g/mol. The largest absolute Gasteiger partial charge is 0.480 e. The number of benzene rings is 1. The minimum Gasteiger partial charge on any atom is -0.480 e. The van der Waals surface area contributed by atoms with Crippen LogP contribution in [0, 0.1) is 11.3 Å². The molecule has 4 rings (SSSR count). The van der Waals surface area contributed by atoms with Crippen molar-refractivity contribution in [1.29, 1.82) is 5.26 Å². The molecule has 14 nitrogen and oxygen atoms in total. The van der Waals surface area contributed by atoms with Crippen molar-refractivity contribution in [2.45, 2.75) is 63.1 Å². The molecule has 0 radical (unpaired) electrons. The Kier molecular flexibility index (Phi) is 7.92. The van der Waals surface area contributed by atoms with Crippen LogP contribution in [0.15, 0.2) is 42.7 Å². The van der Waals surface area contributed by atoms with E-state index in [0.717, 1.165) is 11.9 Å². The number of nitrogens with zero attached hydrogens (tertiary/aromatic N) is 4. The molecule has 1 saturated heterocycles. The lowest BCUT2D eigenvalue weighted by atomic mass is 9.87. The molecule has 15 heteroatoms. The lowest BCUT2D eigenvalue weighted by Crippen LogP contribution is -2.41. The van der Waals surface area contributed by atoms with Crippen molar-refractivity contribution in [3.63, 3.8) is 0 Å². The maximum Gasteiger partial charge on any atom is 0.459 e. The topological polar surface area (TPSA) is 215 Å². The zero-order valence-corrected chi connectivity index (χ0v) is 23.1. The summed E-state index contributed by atoms with van der Waals surface area (Å²) in [6.45, 7) is 6.68. The fourth-order valence-electron chi connectivity index (χ4n) is 4.26. The van der Waals surface area contributed by atoms with Crippen LogP contribution in [-0.2, 0) is 29.6 Å². The highest BCUT2D eigenvalue weighted by molar-refractivity contribution is 7.52. The first-order valence-electron chi connectivity index (χ1n) is 12.3. The Bertz CT molecular complexity index is 1480. The minimum absolute atomic E-state index is 0.0733. The van der Waals surface area contributed by atoms with Crippen molar-refractivity contribution < 1.29 is 38.5 Å². The smallest absolute Gasteiger partial charge is 0.459 e. The van der Waals surface area contributed by atoms with Gasteiger partial charge in [0.1, 0.15) is 48.0 Å². The quantitative estimate of drug-likeness (QED) is 0.230. The first-order chi connectivity index (χ1) is 18.7. The number of fused-ring (bicyclic) bond motifs is 1. The molecule has 40 heavy (non-hydrogen) atoms. The SMILES string of the molecule is C[C@@H](NP(=O)(OC[C@H]1O[C@@](C#N)(c2ccc3c(N)ncnn23)[C@H](O)[C@@H]1O)Oc1ccc(C(C)(C)C)cc1)C(=O)O. The molecule has 1 unspecified atom stereocenters. The van der Waals surface area contributed by atoms with Crippen LogP contribution in [0.1, 0.15) is 39.0 Å². The lowest BCUT2D eigenvalue weighted by molar-refractivity contribution is -0.138. The monoisotopic (exact) mass is 574 g/mol. The van der Waals surface area contributed by atoms with E-state index in [1.54, 1.807) is 24.3 Å². The third kappa shape index (κ3) is 5.53. The van der Waals surface area contributed by atoms with Crippen LogP contribution < -0.4 is 15.3 Å². The van der Waals surface area contributed by atoms with Crippen LogP contribution in [0.3, 0.4) is 0 Å². The summed E-state index contributed by atoms with van der Waals surface area (Å²) in [5.41, 5.74) is 5.02. The van der Waals surface area contributed by atoms with Gasteiger partial charge >= 0.3 is 13.7 Å². The number of anilines is 1. The molecule has 214 valence electrons. The van der Waals surface area contributed by atoms with Crippen LogP contribution >= 0.6 is 7.75 Å². The number of rotatable bonds is 9. The number of ether oxygens (including phenoxy) is 1. The number of nitrogens with one attached hydrogen (secondary N) is 1. The van der Waals surface area contributed by atoms with Crippen LogP contribution in [0.5, 0.6) is 5.75 Å². The summed E-state index contributed by atoms with van der Waals surface area (Å²) in [5, 5.41) is 47.6. The van der Waals surface area contributed by atoms with Gasteiger partial charge in [-0.2, -0.15) is 15.4 Å². The van der Waals surface area contributed by atoms with Gasteiger partial charge in [0.15, 0.2) is 5.82 Å². The number of nitrogens with two attached hydrogens (primary N) is 1. The van der Waals surface area contributed by atoms with Gasteiger partial charge in [-0.1, -0.05) is 32.9 Å². The van der Waals surface area contributed by atoms with Crippen LogP contribution in [0.2, 0.25) is 0 Å². The van der Waals surface area contributed by atoms with E-state index in [4.69, 9.17) is 19.5 Å². The van der Waals surface area contributed by atoms with Gasteiger partial charge < -0.3 is 30.3 Å². The van der Waals surface area contributed by atoms with Gasteiger partial charge in [-0.3, -0.25) is 9.32 Å². The second-order valence-corrected chi connectivity index (χ2v) is 12.1. The van der Waals surface area contributed by atoms with E-state index in [9.17, 15) is 29.9 Å². The molecular weight excluding hydrogens is 543 g/mol. The second-order valence-electron chi connectivity index (χ2n) is 10.4. The Morgan fingerprint density at radius 2 is 1.98 bits per heavy atom. The number of carboxylic acid groups (broad SMARTS) is 1. The average Bonchev–Trinajstić information content (AvgIpc) is 3.43. The van der Waals surface area contributed by atoms with Gasteiger partial charge in [0, 0.05) is 0 Å². The molecule has 0 spiro atoms. The number of aliphatic hydroxyl groups excluding tert-OH is 2. The standard InChI is InChI=1S/C25H31N6O8P/c1-14(23(34)35)30-40(36,39-16-7-5-15(6-8-16)24(2,3)4)37-11-18-20(32)21(33)25(12-26,38-18)19-10-9-17-22(27)28-13-29-31(17)19/h5-10,13-14,18,20-21,32-33H,11H2,1-4H3,(H,30,36)(H,34,35)(H2,27,28,29)/t14-,18-,20-,21-,25+,40?/m1/s1. The van der Waals surface area contributed by atoms with Gasteiger partial charge in [0.05, 0.1) is 12.3 Å². The Balaban J connectivity index is 1.58. The highest BCUT2D eigenvalue weighted by Gasteiger charge is 2.58. The van der Waals surface area contributed by atoms with Crippen molar-refractivity contribution in [1.82, 2.24) is 19.7 Å². The van der Waals surface area contributed by atoms with E-state index >= 15 is 0 Å². The molecule has 1 aliphatic heterocycles.